The first-order valence-corrected chi connectivity index (χ1v) is 10.5. The molecule has 1 unspecified atom stereocenters. The lowest BCUT2D eigenvalue weighted by molar-refractivity contribution is -0.0360. The topological polar surface area (TPSA) is 23.5 Å². The molecule has 2 rings (SSSR count). The van der Waals surface area contributed by atoms with Gasteiger partial charge in [0, 0.05) is 19.1 Å². The summed E-state index contributed by atoms with van der Waals surface area (Å²) in [7, 11) is 0. The van der Waals surface area contributed by atoms with Gasteiger partial charge in [-0.1, -0.05) is 57.4 Å². The predicted molar refractivity (Wildman–Crippen MR) is 113 cm³/mol. The first-order valence-electron chi connectivity index (χ1n) is 10.5. The molecule has 3 heteroatoms. The maximum Gasteiger partial charge on any atom is 0.123 e. The molecule has 27 heavy (non-hydrogen) atoms. The van der Waals surface area contributed by atoms with E-state index < -0.39 is 5.60 Å². The van der Waals surface area contributed by atoms with Gasteiger partial charge >= 0.3 is 0 Å². The van der Waals surface area contributed by atoms with Gasteiger partial charge in [0.05, 0.1) is 5.60 Å². The van der Waals surface area contributed by atoms with Gasteiger partial charge in [0.1, 0.15) is 5.82 Å². The van der Waals surface area contributed by atoms with E-state index in [-0.39, 0.29) is 11.2 Å². The molecule has 1 aromatic rings. The molecule has 0 amide bonds. The number of halogens is 1. The second-order valence-corrected chi connectivity index (χ2v) is 9.27. The van der Waals surface area contributed by atoms with Crippen molar-refractivity contribution in [2.75, 3.05) is 13.1 Å². The quantitative estimate of drug-likeness (QED) is 0.577. The molecule has 152 valence electrons. The number of piperidine rings is 1. The second-order valence-electron chi connectivity index (χ2n) is 9.27. The Hall–Kier alpha value is -1.19. The van der Waals surface area contributed by atoms with Gasteiger partial charge < -0.3 is 5.11 Å². The Kier molecular flexibility index (Phi) is 7.64. The summed E-state index contributed by atoms with van der Waals surface area (Å²) < 4.78 is 13.3. The third kappa shape index (κ3) is 6.43. The van der Waals surface area contributed by atoms with Crippen LogP contribution in [-0.2, 0) is 5.41 Å². The summed E-state index contributed by atoms with van der Waals surface area (Å²) in [6, 6.07) is 7.28. The van der Waals surface area contributed by atoms with E-state index in [0.717, 1.165) is 51.6 Å². The minimum atomic E-state index is -0.478. The number of hydrogen-bond donors (Lipinski definition) is 1. The first kappa shape index (κ1) is 22.1. The molecule has 1 N–H and O–H groups in total. The Morgan fingerprint density at radius 3 is 2.33 bits per heavy atom. The van der Waals surface area contributed by atoms with Crippen molar-refractivity contribution in [2.45, 2.75) is 90.2 Å². The number of rotatable bonds is 8. The highest BCUT2D eigenvalue weighted by Gasteiger charge is 2.35. The summed E-state index contributed by atoms with van der Waals surface area (Å²) in [5, 5.41) is 10.8. The Morgan fingerprint density at radius 2 is 1.81 bits per heavy atom. The van der Waals surface area contributed by atoms with Gasteiger partial charge in [-0.15, -0.1) is 0 Å². The summed E-state index contributed by atoms with van der Waals surface area (Å²) in [5.41, 5.74) is 1.98. The number of aliphatic hydroxyl groups is 1. The molecule has 0 aliphatic carbocycles. The maximum atomic E-state index is 13.3. The lowest BCUT2D eigenvalue weighted by atomic mass is 9.77. The molecule has 0 spiro atoms. The van der Waals surface area contributed by atoms with Gasteiger partial charge in [-0.2, -0.15) is 0 Å². The van der Waals surface area contributed by atoms with Gasteiger partial charge in [0.25, 0.3) is 0 Å². The van der Waals surface area contributed by atoms with Crippen molar-refractivity contribution >= 4 is 0 Å². The molecule has 1 atom stereocenters. The third-order valence-electron chi connectivity index (χ3n) is 6.06. The van der Waals surface area contributed by atoms with E-state index in [4.69, 9.17) is 0 Å². The van der Waals surface area contributed by atoms with Crippen molar-refractivity contribution in [1.29, 1.82) is 0 Å². The Morgan fingerprint density at radius 1 is 1.22 bits per heavy atom. The molecular formula is C24H38FNO. The molecule has 2 nitrogen and oxygen atoms in total. The smallest absolute Gasteiger partial charge is 0.123 e. The van der Waals surface area contributed by atoms with Gasteiger partial charge in [0.15, 0.2) is 0 Å². The number of likely N-dealkylation sites (tertiary alicyclic amines) is 1. The Labute approximate surface area is 165 Å². The van der Waals surface area contributed by atoms with Gasteiger partial charge in [-0.3, -0.25) is 4.90 Å². The van der Waals surface area contributed by atoms with Crippen LogP contribution >= 0.6 is 0 Å². The van der Waals surface area contributed by atoms with Gasteiger partial charge in [-0.25, -0.2) is 4.39 Å². The molecule has 1 aliphatic heterocycles. The maximum absolute atomic E-state index is 13.3. The molecule has 0 aromatic heterocycles. The third-order valence-corrected chi connectivity index (χ3v) is 6.06. The number of unbranched alkanes of at least 4 members (excludes halogenated alkanes) is 1. The lowest BCUT2D eigenvalue weighted by Crippen LogP contribution is -2.49. The number of hydrogen-bond acceptors (Lipinski definition) is 2. The van der Waals surface area contributed by atoms with E-state index >= 15 is 0 Å². The molecular weight excluding hydrogens is 337 g/mol. The highest BCUT2D eigenvalue weighted by atomic mass is 19.1. The monoisotopic (exact) mass is 375 g/mol. The number of allylic oxidation sites excluding steroid dienone is 1. The molecule has 1 fully saturated rings. The van der Waals surface area contributed by atoms with Crippen molar-refractivity contribution in [3.8, 4) is 0 Å². The highest BCUT2D eigenvalue weighted by Crippen LogP contribution is 2.34. The van der Waals surface area contributed by atoms with Crippen LogP contribution in [0.5, 0.6) is 0 Å². The van der Waals surface area contributed by atoms with Crippen LogP contribution in [0, 0.1) is 5.82 Å². The van der Waals surface area contributed by atoms with Crippen molar-refractivity contribution in [2.24, 2.45) is 0 Å². The summed E-state index contributed by atoms with van der Waals surface area (Å²) in [5.74, 6) is -0.183. The lowest BCUT2D eigenvalue weighted by Gasteiger charge is -2.43. The van der Waals surface area contributed by atoms with E-state index in [1.165, 1.54) is 11.1 Å². The van der Waals surface area contributed by atoms with E-state index in [1.54, 1.807) is 12.1 Å². The van der Waals surface area contributed by atoms with E-state index in [1.807, 2.05) is 12.1 Å². The zero-order chi connectivity index (χ0) is 20.1. The average Bonchev–Trinajstić information content (AvgIpc) is 2.60. The molecule has 1 aromatic carbocycles. The summed E-state index contributed by atoms with van der Waals surface area (Å²) >= 11 is 0. The molecule has 0 bridgehead atoms. The van der Waals surface area contributed by atoms with Crippen LogP contribution in [0.15, 0.2) is 35.9 Å². The molecule has 0 saturated carbocycles. The fourth-order valence-corrected chi connectivity index (χ4v) is 4.25. The zero-order valence-corrected chi connectivity index (χ0v) is 17.9. The first-order chi connectivity index (χ1) is 12.6. The summed E-state index contributed by atoms with van der Waals surface area (Å²) in [6.07, 6.45) is 8.22. The number of nitrogens with zero attached hydrogens (tertiary/aromatic N) is 1. The van der Waals surface area contributed by atoms with Crippen LogP contribution in [0.3, 0.4) is 0 Å². The van der Waals surface area contributed by atoms with Crippen molar-refractivity contribution in [3.05, 3.63) is 47.3 Å². The van der Waals surface area contributed by atoms with E-state index in [9.17, 15) is 9.50 Å². The molecule has 1 heterocycles. The fourth-order valence-electron chi connectivity index (χ4n) is 4.25. The second kappa shape index (κ2) is 9.34. The minimum Gasteiger partial charge on any atom is -0.390 e. The zero-order valence-electron chi connectivity index (χ0n) is 17.9. The minimum absolute atomic E-state index is 0.0414. The van der Waals surface area contributed by atoms with Crippen LogP contribution < -0.4 is 0 Å². The van der Waals surface area contributed by atoms with Crippen LogP contribution in [-0.4, -0.2) is 34.7 Å². The summed E-state index contributed by atoms with van der Waals surface area (Å²) in [4.78, 5) is 2.53. The molecule has 1 saturated heterocycles. The molecule has 1 aliphatic rings. The fraction of sp³-hybridized carbons (Fsp3) is 0.667. The van der Waals surface area contributed by atoms with Gasteiger partial charge in [-0.05, 0) is 62.6 Å². The van der Waals surface area contributed by atoms with Gasteiger partial charge in [0.2, 0.25) is 0 Å². The Bertz CT molecular complexity index is 608. The highest BCUT2D eigenvalue weighted by molar-refractivity contribution is 5.25. The SMILES string of the molecule is CCCCC1(O)CCN(C(C=C(C)C)CC(C)(C)c2ccc(F)cc2)CC1. The largest absolute Gasteiger partial charge is 0.390 e. The molecule has 0 radical (unpaired) electrons. The predicted octanol–water partition coefficient (Wildman–Crippen LogP) is 5.85. The van der Waals surface area contributed by atoms with Crippen molar-refractivity contribution in [1.82, 2.24) is 4.90 Å². The summed E-state index contributed by atoms with van der Waals surface area (Å²) in [6.45, 7) is 12.9. The Balaban J connectivity index is 2.10. The van der Waals surface area contributed by atoms with Crippen LogP contribution in [0.25, 0.3) is 0 Å². The van der Waals surface area contributed by atoms with E-state index in [2.05, 4.69) is 45.6 Å². The normalized spacial score (nSPS) is 18.9. The average molecular weight is 376 g/mol. The van der Waals surface area contributed by atoms with Crippen LogP contribution in [0.4, 0.5) is 4.39 Å². The van der Waals surface area contributed by atoms with Crippen molar-refractivity contribution in [3.63, 3.8) is 0 Å². The van der Waals surface area contributed by atoms with Crippen molar-refractivity contribution < 1.29 is 9.50 Å². The van der Waals surface area contributed by atoms with E-state index in [0.29, 0.717) is 6.04 Å². The van der Waals surface area contributed by atoms with Crippen LogP contribution in [0.1, 0.15) is 78.7 Å². The number of benzene rings is 1. The van der Waals surface area contributed by atoms with Crippen LogP contribution in [0.2, 0.25) is 0 Å². The standard InChI is InChI=1S/C24H38FNO/c1-6-7-12-24(27)13-15-26(16-14-24)22(17-19(2)3)18-23(4,5)20-8-10-21(25)11-9-20/h8-11,17,22,27H,6-7,12-16,18H2,1-5H3.